The van der Waals surface area contributed by atoms with Crippen molar-refractivity contribution < 1.29 is 14.6 Å². The molecule has 1 fully saturated rings. The molecule has 3 rings (SSSR count). The molecule has 1 atom stereocenters. The van der Waals surface area contributed by atoms with Crippen LogP contribution in [-0.2, 0) is 13.1 Å². The smallest absolute Gasteiger partial charge is 0.161 e. The van der Waals surface area contributed by atoms with Gasteiger partial charge in [-0.25, -0.2) is 0 Å². The fourth-order valence-corrected chi connectivity index (χ4v) is 3.66. The van der Waals surface area contributed by atoms with Crippen molar-refractivity contribution in [1.29, 1.82) is 0 Å². The molecular weight excluding hydrogens is 376 g/mol. The zero-order valence-electron chi connectivity index (χ0n) is 16.4. The molecule has 0 aromatic heterocycles. The maximum absolute atomic E-state index is 10.3. The number of methoxy groups -OCH3 is 1. The van der Waals surface area contributed by atoms with Gasteiger partial charge >= 0.3 is 0 Å². The maximum Gasteiger partial charge on any atom is 0.161 e. The Morgan fingerprint density at radius 1 is 1.07 bits per heavy atom. The Labute approximate surface area is 172 Å². The average molecular weight is 405 g/mol. The van der Waals surface area contributed by atoms with Gasteiger partial charge in [-0.15, -0.1) is 0 Å². The zero-order chi connectivity index (χ0) is 19.8. The van der Waals surface area contributed by atoms with Crippen LogP contribution in [0.15, 0.2) is 42.5 Å². The highest BCUT2D eigenvalue weighted by Gasteiger charge is 2.17. The van der Waals surface area contributed by atoms with Gasteiger partial charge in [0.05, 0.1) is 7.11 Å². The highest BCUT2D eigenvalue weighted by Crippen LogP contribution is 2.28. The molecule has 0 aliphatic carbocycles. The lowest BCUT2D eigenvalue weighted by Crippen LogP contribution is -2.33. The average Bonchev–Trinajstić information content (AvgIpc) is 3.19. The summed E-state index contributed by atoms with van der Waals surface area (Å²) in [4.78, 5) is 2.28. The lowest BCUT2D eigenvalue weighted by Gasteiger charge is -2.20. The molecule has 2 aromatic rings. The molecule has 0 saturated carbocycles. The molecule has 6 heteroatoms. The molecule has 1 saturated heterocycles. The molecule has 0 amide bonds. The standard InChI is InChI=1S/C22H29ClN2O3/c1-27-21-8-7-18(14-24-13-17-5-4-6-19(23)11-17)12-22(21)28-16-20(26)15-25-9-2-3-10-25/h4-8,11-12,20,24,26H,2-3,9-10,13-16H2,1H3. The van der Waals surface area contributed by atoms with E-state index in [2.05, 4.69) is 10.2 Å². The summed E-state index contributed by atoms with van der Waals surface area (Å²) in [5, 5.41) is 14.4. The third-order valence-electron chi connectivity index (χ3n) is 4.87. The summed E-state index contributed by atoms with van der Waals surface area (Å²) in [6.45, 7) is 4.47. The molecule has 2 aromatic carbocycles. The van der Waals surface area contributed by atoms with Gasteiger partial charge in [0.25, 0.3) is 0 Å². The van der Waals surface area contributed by atoms with Gasteiger partial charge in [-0.2, -0.15) is 0 Å². The topological polar surface area (TPSA) is 54.0 Å². The van der Waals surface area contributed by atoms with E-state index in [9.17, 15) is 5.11 Å². The molecule has 28 heavy (non-hydrogen) atoms. The minimum atomic E-state index is -0.507. The fourth-order valence-electron chi connectivity index (χ4n) is 3.44. The Morgan fingerprint density at radius 2 is 1.82 bits per heavy atom. The number of likely N-dealkylation sites (tertiary alicyclic amines) is 1. The largest absolute Gasteiger partial charge is 0.493 e. The summed E-state index contributed by atoms with van der Waals surface area (Å²) in [5.41, 5.74) is 2.23. The first-order chi connectivity index (χ1) is 13.6. The monoisotopic (exact) mass is 404 g/mol. The fraction of sp³-hybridized carbons (Fsp3) is 0.455. The van der Waals surface area contributed by atoms with Gasteiger partial charge in [-0.05, 0) is 61.3 Å². The molecule has 5 nitrogen and oxygen atoms in total. The van der Waals surface area contributed by atoms with E-state index in [0.29, 0.717) is 24.6 Å². The number of nitrogens with zero attached hydrogens (tertiary/aromatic N) is 1. The second-order valence-electron chi connectivity index (χ2n) is 7.19. The second-order valence-corrected chi connectivity index (χ2v) is 7.63. The number of aliphatic hydroxyl groups is 1. The quantitative estimate of drug-likeness (QED) is 0.635. The van der Waals surface area contributed by atoms with Crippen LogP contribution >= 0.6 is 11.6 Å². The zero-order valence-corrected chi connectivity index (χ0v) is 17.1. The number of aliphatic hydroxyl groups excluding tert-OH is 1. The van der Waals surface area contributed by atoms with E-state index in [1.807, 2.05) is 42.5 Å². The van der Waals surface area contributed by atoms with Crippen molar-refractivity contribution in [3.05, 3.63) is 58.6 Å². The Hall–Kier alpha value is -1.79. The van der Waals surface area contributed by atoms with Crippen LogP contribution in [0, 0.1) is 0 Å². The van der Waals surface area contributed by atoms with Crippen LogP contribution in [0.3, 0.4) is 0 Å². The molecule has 1 heterocycles. The molecule has 2 N–H and O–H groups in total. The van der Waals surface area contributed by atoms with E-state index in [-0.39, 0.29) is 6.61 Å². The van der Waals surface area contributed by atoms with Crippen molar-refractivity contribution in [3.8, 4) is 11.5 Å². The van der Waals surface area contributed by atoms with Crippen molar-refractivity contribution in [1.82, 2.24) is 10.2 Å². The highest BCUT2D eigenvalue weighted by molar-refractivity contribution is 6.30. The van der Waals surface area contributed by atoms with Crippen molar-refractivity contribution in [2.45, 2.75) is 32.0 Å². The predicted molar refractivity (Wildman–Crippen MR) is 112 cm³/mol. The Balaban J connectivity index is 1.52. The molecule has 1 aliphatic rings. The number of hydrogen-bond acceptors (Lipinski definition) is 5. The summed E-state index contributed by atoms with van der Waals surface area (Å²) < 4.78 is 11.3. The van der Waals surface area contributed by atoms with Gasteiger partial charge in [-0.1, -0.05) is 29.8 Å². The summed E-state index contributed by atoms with van der Waals surface area (Å²) in [6.07, 6.45) is 1.92. The molecular formula is C22H29ClN2O3. The molecule has 0 bridgehead atoms. The maximum atomic E-state index is 10.3. The Bertz CT molecular complexity index is 750. The van der Waals surface area contributed by atoms with Gasteiger partial charge in [-0.3, -0.25) is 0 Å². The summed E-state index contributed by atoms with van der Waals surface area (Å²) in [5.74, 6) is 1.33. The van der Waals surface area contributed by atoms with Crippen LogP contribution in [-0.4, -0.2) is 49.5 Å². The second kappa shape index (κ2) is 10.7. The van der Waals surface area contributed by atoms with Crippen LogP contribution in [0.1, 0.15) is 24.0 Å². The van der Waals surface area contributed by atoms with Crippen molar-refractivity contribution in [2.24, 2.45) is 0 Å². The van der Waals surface area contributed by atoms with E-state index in [1.165, 1.54) is 12.8 Å². The lowest BCUT2D eigenvalue weighted by molar-refractivity contribution is 0.0746. The SMILES string of the molecule is COc1ccc(CNCc2cccc(Cl)c2)cc1OCC(O)CN1CCCC1. The molecule has 152 valence electrons. The highest BCUT2D eigenvalue weighted by atomic mass is 35.5. The van der Waals surface area contributed by atoms with Gasteiger partial charge in [0, 0.05) is 24.7 Å². The lowest BCUT2D eigenvalue weighted by atomic mass is 10.2. The van der Waals surface area contributed by atoms with E-state index in [0.717, 1.165) is 35.8 Å². The van der Waals surface area contributed by atoms with Crippen LogP contribution in [0.2, 0.25) is 5.02 Å². The summed E-state index contributed by atoms with van der Waals surface area (Å²) in [7, 11) is 1.62. The predicted octanol–water partition coefficient (Wildman–Crippen LogP) is 3.47. The van der Waals surface area contributed by atoms with Crippen LogP contribution in [0.4, 0.5) is 0 Å². The van der Waals surface area contributed by atoms with Crippen molar-refractivity contribution in [3.63, 3.8) is 0 Å². The van der Waals surface area contributed by atoms with Gasteiger partial charge < -0.3 is 24.8 Å². The number of ether oxygens (including phenoxy) is 2. The molecule has 1 unspecified atom stereocenters. The third-order valence-corrected chi connectivity index (χ3v) is 5.11. The van der Waals surface area contributed by atoms with Crippen LogP contribution < -0.4 is 14.8 Å². The number of halogens is 1. The number of rotatable bonds is 10. The number of benzene rings is 2. The Kier molecular flexibility index (Phi) is 7.98. The first-order valence-electron chi connectivity index (χ1n) is 9.79. The minimum Gasteiger partial charge on any atom is -0.493 e. The van der Waals surface area contributed by atoms with Gasteiger partial charge in [0.1, 0.15) is 12.7 Å². The molecule has 1 aliphatic heterocycles. The van der Waals surface area contributed by atoms with E-state index in [4.69, 9.17) is 21.1 Å². The van der Waals surface area contributed by atoms with Gasteiger partial charge in [0.2, 0.25) is 0 Å². The third kappa shape index (κ3) is 6.38. The molecule has 0 spiro atoms. The summed E-state index contributed by atoms with van der Waals surface area (Å²) >= 11 is 6.03. The van der Waals surface area contributed by atoms with E-state index >= 15 is 0 Å². The van der Waals surface area contributed by atoms with Crippen LogP contribution in [0.5, 0.6) is 11.5 Å². The van der Waals surface area contributed by atoms with Crippen molar-refractivity contribution in [2.75, 3.05) is 33.4 Å². The van der Waals surface area contributed by atoms with E-state index < -0.39 is 6.10 Å². The first kappa shape index (κ1) is 20.9. The number of β-amino-alcohol motifs (C(OH)–C–C–N with tert-alkyl or cyclic N) is 1. The van der Waals surface area contributed by atoms with E-state index in [1.54, 1.807) is 7.11 Å². The number of hydrogen-bond donors (Lipinski definition) is 2. The first-order valence-corrected chi connectivity index (χ1v) is 10.2. The molecule has 0 radical (unpaired) electrons. The number of nitrogens with one attached hydrogen (secondary N) is 1. The van der Waals surface area contributed by atoms with Gasteiger partial charge in [0.15, 0.2) is 11.5 Å². The van der Waals surface area contributed by atoms with Crippen molar-refractivity contribution >= 4 is 11.6 Å². The minimum absolute atomic E-state index is 0.256. The van der Waals surface area contributed by atoms with Crippen LogP contribution in [0.25, 0.3) is 0 Å². The normalized spacial score (nSPS) is 15.5. The Morgan fingerprint density at radius 3 is 2.54 bits per heavy atom. The summed E-state index contributed by atoms with van der Waals surface area (Å²) in [6, 6.07) is 13.7.